The second kappa shape index (κ2) is 12.6. The summed E-state index contributed by atoms with van der Waals surface area (Å²) in [6.07, 6.45) is -3.14. The molecule has 0 aliphatic carbocycles. The van der Waals surface area contributed by atoms with Crippen molar-refractivity contribution in [2.45, 2.75) is 43.7 Å². The Balaban J connectivity index is 2.85. The molecule has 26 heavy (non-hydrogen) atoms. The van der Waals surface area contributed by atoms with Crippen molar-refractivity contribution in [2.24, 2.45) is 0 Å². The van der Waals surface area contributed by atoms with Crippen LogP contribution < -0.4 is 0 Å². The molecule has 154 valence electrons. The summed E-state index contributed by atoms with van der Waals surface area (Å²) in [6, 6.07) is 0. The van der Waals surface area contributed by atoms with Gasteiger partial charge in [0.25, 0.3) is 0 Å². The van der Waals surface area contributed by atoms with E-state index in [1.165, 1.54) is 4.90 Å². The van der Waals surface area contributed by atoms with Gasteiger partial charge >= 0.3 is 0 Å². The number of carbonyl (C=O) groups excluding carboxylic acids is 1. The predicted octanol–water partition coefficient (Wildman–Crippen LogP) is -1.96. The van der Waals surface area contributed by atoms with Crippen LogP contribution in [0.3, 0.4) is 0 Å². The third-order valence-electron chi connectivity index (χ3n) is 4.22. The molecular weight excluding hydrogens is 344 g/mol. The molecule has 0 radical (unpaired) electrons. The van der Waals surface area contributed by atoms with Crippen LogP contribution in [0.25, 0.3) is 0 Å². The van der Waals surface area contributed by atoms with E-state index in [1.807, 2.05) is 0 Å². The van der Waals surface area contributed by atoms with Gasteiger partial charge in [-0.25, -0.2) is 0 Å². The van der Waals surface area contributed by atoms with Crippen molar-refractivity contribution in [1.29, 1.82) is 0 Å². The van der Waals surface area contributed by atoms with Crippen LogP contribution in [0.4, 0.5) is 0 Å². The molecule has 0 aromatic heterocycles. The summed E-state index contributed by atoms with van der Waals surface area (Å²) in [7, 11) is 3.55. The molecule has 1 rings (SSSR count). The lowest BCUT2D eigenvalue weighted by molar-refractivity contribution is -0.152. The molecule has 1 heterocycles. The van der Waals surface area contributed by atoms with E-state index in [9.17, 15) is 25.2 Å². The molecule has 4 N–H and O–H groups in total. The Bertz CT molecular complexity index is 397. The van der Waals surface area contributed by atoms with Gasteiger partial charge in [-0.05, 0) is 33.4 Å². The molecule has 0 bridgehead atoms. The van der Waals surface area contributed by atoms with E-state index in [0.717, 1.165) is 6.42 Å². The smallest absolute Gasteiger partial charge is 0.236 e. The van der Waals surface area contributed by atoms with Crippen LogP contribution in [0.15, 0.2) is 0 Å². The van der Waals surface area contributed by atoms with Crippen molar-refractivity contribution >= 4 is 5.91 Å². The Morgan fingerprint density at radius 2 is 1.85 bits per heavy atom. The van der Waals surface area contributed by atoms with Crippen LogP contribution in [-0.4, -0.2) is 121 Å². The fraction of sp³-hybridized carbons (Fsp3) is 0.941. The van der Waals surface area contributed by atoms with E-state index in [1.54, 1.807) is 19.0 Å². The molecule has 0 unspecified atom stereocenters. The number of hydrogen-bond donors (Lipinski definition) is 4. The maximum Gasteiger partial charge on any atom is 0.236 e. The SMILES string of the molecule is CN(C)CC(=O)N1CCCOCCCCO[C@H]([C@H](O)CO)[C@H](O)[C@H](O)C1. The first-order chi connectivity index (χ1) is 12.4. The molecule has 1 aliphatic heterocycles. The number of ether oxygens (including phenoxy) is 2. The highest BCUT2D eigenvalue weighted by Gasteiger charge is 2.34. The highest BCUT2D eigenvalue weighted by atomic mass is 16.5. The standard InChI is InChI=1S/C17H34N2O7/c1-18(2)11-15(23)19-6-5-8-25-7-3-4-9-26-17(14(22)12-20)16(24)13(21)10-19/h13-14,16-17,20-22,24H,3-12H2,1-2H3/t13-,14-,16-,17-/m1/s1. The van der Waals surface area contributed by atoms with Gasteiger partial charge in [-0.15, -0.1) is 0 Å². The largest absolute Gasteiger partial charge is 0.394 e. The van der Waals surface area contributed by atoms with E-state index in [-0.39, 0.29) is 25.6 Å². The summed E-state index contributed by atoms with van der Waals surface area (Å²) in [4.78, 5) is 15.6. The molecule has 1 aliphatic rings. The van der Waals surface area contributed by atoms with Gasteiger partial charge in [-0.3, -0.25) is 4.79 Å². The maximum atomic E-state index is 12.4. The summed E-state index contributed by atoms with van der Waals surface area (Å²) in [5.41, 5.74) is 0. The third kappa shape index (κ3) is 8.26. The number of hydrogen-bond acceptors (Lipinski definition) is 8. The highest BCUT2D eigenvalue weighted by Crippen LogP contribution is 2.13. The quantitative estimate of drug-likeness (QED) is 0.445. The molecule has 1 amide bonds. The summed E-state index contributed by atoms with van der Waals surface area (Å²) < 4.78 is 11.0. The minimum Gasteiger partial charge on any atom is -0.394 e. The number of β-amino-alcohol motifs (C(OH)–C–C–N with tert-alkyl or cyclic N) is 1. The maximum absolute atomic E-state index is 12.4. The zero-order chi connectivity index (χ0) is 19.5. The molecule has 0 spiro atoms. The van der Waals surface area contributed by atoms with E-state index < -0.39 is 31.0 Å². The number of rotatable bonds is 4. The summed E-state index contributed by atoms with van der Waals surface area (Å²) in [5.74, 6) is -0.173. The molecule has 0 saturated carbocycles. The molecule has 4 atom stereocenters. The lowest BCUT2D eigenvalue weighted by atomic mass is 10.0. The Morgan fingerprint density at radius 1 is 1.19 bits per heavy atom. The van der Waals surface area contributed by atoms with Crippen LogP contribution >= 0.6 is 0 Å². The van der Waals surface area contributed by atoms with Crippen molar-refractivity contribution in [2.75, 3.05) is 60.2 Å². The summed E-state index contributed by atoms with van der Waals surface area (Å²) >= 11 is 0. The van der Waals surface area contributed by atoms with Gasteiger partial charge in [0.05, 0.1) is 13.2 Å². The van der Waals surface area contributed by atoms with E-state index in [4.69, 9.17) is 9.47 Å². The van der Waals surface area contributed by atoms with Gasteiger partial charge in [0.2, 0.25) is 5.91 Å². The Hall–Kier alpha value is -0.810. The lowest BCUT2D eigenvalue weighted by Gasteiger charge is -2.33. The second-order valence-electron chi connectivity index (χ2n) is 6.89. The highest BCUT2D eigenvalue weighted by molar-refractivity contribution is 5.78. The summed E-state index contributed by atoms with van der Waals surface area (Å²) in [5, 5.41) is 39.9. The normalized spacial score (nSPS) is 28.6. The van der Waals surface area contributed by atoms with Crippen molar-refractivity contribution in [3.8, 4) is 0 Å². The van der Waals surface area contributed by atoms with E-state index in [2.05, 4.69) is 0 Å². The number of amides is 1. The zero-order valence-corrected chi connectivity index (χ0v) is 15.8. The molecule has 9 heteroatoms. The first-order valence-corrected chi connectivity index (χ1v) is 9.13. The minimum absolute atomic E-state index is 0.0914. The van der Waals surface area contributed by atoms with Crippen molar-refractivity contribution in [3.63, 3.8) is 0 Å². The number of aliphatic hydroxyl groups excluding tert-OH is 4. The van der Waals surface area contributed by atoms with Gasteiger partial charge < -0.3 is 39.7 Å². The van der Waals surface area contributed by atoms with Gasteiger partial charge in [0.1, 0.15) is 24.4 Å². The fourth-order valence-corrected chi connectivity index (χ4v) is 2.77. The Morgan fingerprint density at radius 3 is 2.50 bits per heavy atom. The van der Waals surface area contributed by atoms with E-state index >= 15 is 0 Å². The van der Waals surface area contributed by atoms with Gasteiger partial charge in [-0.1, -0.05) is 0 Å². The number of carbonyl (C=O) groups is 1. The molecular formula is C17H34N2O7. The third-order valence-corrected chi connectivity index (χ3v) is 4.22. The van der Waals surface area contributed by atoms with Crippen molar-refractivity contribution in [1.82, 2.24) is 9.80 Å². The van der Waals surface area contributed by atoms with Crippen LogP contribution in [0.5, 0.6) is 0 Å². The second-order valence-corrected chi connectivity index (χ2v) is 6.89. The first kappa shape index (κ1) is 23.2. The Labute approximate surface area is 155 Å². The number of aliphatic hydroxyl groups is 4. The number of nitrogens with zero attached hydrogens (tertiary/aromatic N) is 2. The zero-order valence-electron chi connectivity index (χ0n) is 15.8. The van der Waals surface area contributed by atoms with Gasteiger partial charge in [-0.2, -0.15) is 0 Å². The monoisotopic (exact) mass is 378 g/mol. The molecule has 9 nitrogen and oxygen atoms in total. The van der Waals surface area contributed by atoms with Crippen LogP contribution in [0.2, 0.25) is 0 Å². The fourth-order valence-electron chi connectivity index (χ4n) is 2.77. The minimum atomic E-state index is -1.43. The van der Waals surface area contributed by atoms with Crippen LogP contribution in [-0.2, 0) is 14.3 Å². The average Bonchev–Trinajstić information content (AvgIpc) is 2.59. The van der Waals surface area contributed by atoms with Crippen LogP contribution in [0.1, 0.15) is 19.3 Å². The van der Waals surface area contributed by atoms with Gasteiger partial charge in [0.15, 0.2) is 0 Å². The Kier molecular flexibility index (Phi) is 11.2. The predicted molar refractivity (Wildman–Crippen MR) is 94.7 cm³/mol. The molecule has 0 aromatic carbocycles. The molecule has 0 aromatic rings. The number of likely N-dealkylation sites (N-methyl/N-ethyl adjacent to an activating group) is 1. The van der Waals surface area contributed by atoms with Crippen molar-refractivity contribution in [3.05, 3.63) is 0 Å². The summed E-state index contributed by atoms with van der Waals surface area (Å²) in [6.45, 7) is 1.22. The van der Waals surface area contributed by atoms with E-state index in [0.29, 0.717) is 32.6 Å². The van der Waals surface area contributed by atoms with Crippen LogP contribution in [0, 0.1) is 0 Å². The molecule has 1 saturated heterocycles. The van der Waals surface area contributed by atoms with Gasteiger partial charge in [0, 0.05) is 32.9 Å². The molecule has 1 fully saturated rings. The lowest BCUT2D eigenvalue weighted by Crippen LogP contribution is -2.52. The first-order valence-electron chi connectivity index (χ1n) is 9.13. The van der Waals surface area contributed by atoms with Crippen molar-refractivity contribution < 1.29 is 34.7 Å². The average molecular weight is 378 g/mol. The topological polar surface area (TPSA) is 123 Å².